The number of hydrogen-bond acceptors (Lipinski definition) is 5. The number of halogens is 1. The Morgan fingerprint density at radius 2 is 1.59 bits per heavy atom. The molecular weight excluding hydrogens is 521 g/mol. The molecule has 0 aliphatic heterocycles. The Bertz CT molecular complexity index is 1160. The molecule has 0 aliphatic rings. The van der Waals surface area contributed by atoms with Gasteiger partial charge in [0, 0.05) is 3.57 Å². The van der Waals surface area contributed by atoms with Gasteiger partial charge in [-0.1, -0.05) is 30.3 Å². The molecule has 32 heavy (non-hydrogen) atoms. The zero-order valence-electron chi connectivity index (χ0n) is 17.2. The number of rotatable bonds is 7. The van der Waals surface area contributed by atoms with Crippen LogP contribution >= 0.6 is 22.6 Å². The molecule has 0 radical (unpaired) electrons. The first-order valence-corrected chi connectivity index (χ1v) is 10.7. The predicted octanol–water partition coefficient (Wildman–Crippen LogP) is 3.70. The Balaban J connectivity index is 1.47. The van der Waals surface area contributed by atoms with Gasteiger partial charge in [0.1, 0.15) is 5.75 Å². The SMILES string of the molecule is Cc1ccccc1C(=O)Oc1ccc(/C=N\NC(=O)CNC(=O)c2ccccc2I)cc1. The number of hydrazone groups is 1. The molecule has 162 valence electrons. The van der Waals surface area contributed by atoms with Crippen molar-refractivity contribution in [3.05, 3.63) is 98.6 Å². The van der Waals surface area contributed by atoms with E-state index in [9.17, 15) is 14.4 Å². The van der Waals surface area contributed by atoms with Gasteiger partial charge in [-0.2, -0.15) is 5.10 Å². The Labute approximate surface area is 199 Å². The molecule has 2 N–H and O–H groups in total. The highest BCUT2D eigenvalue weighted by Gasteiger charge is 2.11. The van der Waals surface area contributed by atoms with Crippen LogP contribution in [0.15, 0.2) is 77.9 Å². The van der Waals surface area contributed by atoms with Crippen molar-refractivity contribution in [3.8, 4) is 5.75 Å². The summed E-state index contributed by atoms with van der Waals surface area (Å²) in [6.45, 7) is 1.65. The Morgan fingerprint density at radius 3 is 2.28 bits per heavy atom. The maximum Gasteiger partial charge on any atom is 0.343 e. The van der Waals surface area contributed by atoms with E-state index in [1.165, 1.54) is 6.21 Å². The maximum absolute atomic E-state index is 12.3. The molecule has 0 fully saturated rings. The van der Waals surface area contributed by atoms with Crippen LogP contribution in [0.2, 0.25) is 0 Å². The van der Waals surface area contributed by atoms with Crippen molar-refractivity contribution < 1.29 is 19.1 Å². The predicted molar refractivity (Wildman–Crippen MR) is 130 cm³/mol. The first-order chi connectivity index (χ1) is 15.4. The fourth-order valence-corrected chi connectivity index (χ4v) is 3.34. The number of nitrogens with zero attached hydrogens (tertiary/aromatic N) is 1. The largest absolute Gasteiger partial charge is 0.423 e. The van der Waals surface area contributed by atoms with Crippen molar-refractivity contribution in [3.63, 3.8) is 0 Å². The highest BCUT2D eigenvalue weighted by atomic mass is 127. The van der Waals surface area contributed by atoms with Gasteiger partial charge in [0.25, 0.3) is 11.8 Å². The van der Waals surface area contributed by atoms with E-state index >= 15 is 0 Å². The summed E-state index contributed by atoms with van der Waals surface area (Å²) in [6.07, 6.45) is 1.45. The van der Waals surface area contributed by atoms with Gasteiger partial charge in [0.15, 0.2) is 0 Å². The molecule has 0 heterocycles. The third-order valence-electron chi connectivity index (χ3n) is 4.39. The van der Waals surface area contributed by atoms with E-state index in [0.29, 0.717) is 22.4 Å². The van der Waals surface area contributed by atoms with Crippen LogP contribution in [-0.4, -0.2) is 30.5 Å². The second-order valence-electron chi connectivity index (χ2n) is 6.73. The summed E-state index contributed by atoms with van der Waals surface area (Å²) in [5.74, 6) is -0.809. The van der Waals surface area contributed by atoms with Gasteiger partial charge in [-0.15, -0.1) is 0 Å². The van der Waals surface area contributed by atoms with E-state index in [1.807, 2.05) is 31.2 Å². The molecule has 0 aliphatic carbocycles. The van der Waals surface area contributed by atoms with Crippen LogP contribution in [0.5, 0.6) is 5.75 Å². The summed E-state index contributed by atoms with van der Waals surface area (Å²) in [7, 11) is 0. The van der Waals surface area contributed by atoms with Crippen molar-refractivity contribution >= 4 is 46.6 Å². The van der Waals surface area contributed by atoms with Gasteiger partial charge in [-0.25, -0.2) is 10.2 Å². The zero-order chi connectivity index (χ0) is 22.9. The average Bonchev–Trinajstić information content (AvgIpc) is 2.79. The molecule has 0 saturated carbocycles. The summed E-state index contributed by atoms with van der Waals surface area (Å²) in [5.41, 5.74) is 4.91. The molecule has 0 bridgehead atoms. The van der Waals surface area contributed by atoms with Crippen molar-refractivity contribution in [1.82, 2.24) is 10.7 Å². The standard InChI is InChI=1S/C24H20IN3O4/c1-16-6-2-3-7-19(16)24(31)32-18-12-10-17(11-13-18)14-27-28-22(29)15-26-23(30)20-8-4-5-9-21(20)25/h2-14H,15H2,1H3,(H,26,30)(H,28,29)/b27-14-. The lowest BCUT2D eigenvalue weighted by molar-refractivity contribution is -0.120. The zero-order valence-corrected chi connectivity index (χ0v) is 19.3. The van der Waals surface area contributed by atoms with E-state index in [2.05, 4.69) is 38.4 Å². The minimum Gasteiger partial charge on any atom is -0.423 e. The molecule has 7 nitrogen and oxygen atoms in total. The lowest BCUT2D eigenvalue weighted by Crippen LogP contribution is -2.35. The molecule has 0 aromatic heterocycles. The topological polar surface area (TPSA) is 96.9 Å². The first-order valence-electron chi connectivity index (χ1n) is 9.66. The second-order valence-corrected chi connectivity index (χ2v) is 7.89. The summed E-state index contributed by atoms with van der Waals surface area (Å²) >= 11 is 2.06. The van der Waals surface area contributed by atoms with Crippen molar-refractivity contribution in [2.45, 2.75) is 6.92 Å². The number of amides is 2. The smallest absolute Gasteiger partial charge is 0.343 e. The van der Waals surface area contributed by atoms with E-state index < -0.39 is 11.9 Å². The molecule has 0 unspecified atom stereocenters. The van der Waals surface area contributed by atoms with Gasteiger partial charge in [0.2, 0.25) is 0 Å². The number of esters is 1. The van der Waals surface area contributed by atoms with Crippen LogP contribution in [0.25, 0.3) is 0 Å². The number of ether oxygens (including phenoxy) is 1. The van der Waals surface area contributed by atoms with Gasteiger partial charge in [-0.3, -0.25) is 9.59 Å². The van der Waals surface area contributed by atoms with E-state index in [1.54, 1.807) is 48.5 Å². The minimum absolute atomic E-state index is 0.199. The summed E-state index contributed by atoms with van der Waals surface area (Å²) in [6, 6.07) is 21.0. The van der Waals surface area contributed by atoms with Gasteiger partial charge >= 0.3 is 5.97 Å². The van der Waals surface area contributed by atoms with Crippen LogP contribution in [0.1, 0.15) is 31.8 Å². The van der Waals surface area contributed by atoms with Crippen LogP contribution < -0.4 is 15.5 Å². The highest BCUT2D eigenvalue weighted by Crippen LogP contribution is 2.15. The van der Waals surface area contributed by atoms with E-state index in [4.69, 9.17) is 4.74 Å². The minimum atomic E-state index is -0.454. The Morgan fingerprint density at radius 1 is 0.938 bits per heavy atom. The van der Waals surface area contributed by atoms with Gasteiger partial charge < -0.3 is 10.1 Å². The first kappa shape index (κ1) is 23.1. The third-order valence-corrected chi connectivity index (χ3v) is 5.33. The molecule has 0 atom stereocenters. The lowest BCUT2D eigenvalue weighted by atomic mass is 10.1. The van der Waals surface area contributed by atoms with Crippen LogP contribution in [0.3, 0.4) is 0 Å². The molecule has 2 amide bonds. The highest BCUT2D eigenvalue weighted by molar-refractivity contribution is 14.1. The number of benzene rings is 3. The normalized spacial score (nSPS) is 10.6. The van der Waals surface area contributed by atoms with E-state index in [-0.39, 0.29) is 12.5 Å². The molecule has 3 rings (SSSR count). The third kappa shape index (κ3) is 6.48. The van der Waals surface area contributed by atoms with Crippen molar-refractivity contribution in [1.29, 1.82) is 0 Å². The van der Waals surface area contributed by atoms with Crippen molar-refractivity contribution in [2.24, 2.45) is 5.10 Å². The monoisotopic (exact) mass is 541 g/mol. The number of carbonyl (C=O) groups excluding carboxylic acids is 3. The van der Waals surface area contributed by atoms with E-state index in [0.717, 1.165) is 9.13 Å². The molecular formula is C24H20IN3O4. The summed E-state index contributed by atoms with van der Waals surface area (Å²) in [5, 5.41) is 6.43. The number of carbonyl (C=O) groups is 3. The maximum atomic E-state index is 12.3. The second kappa shape index (κ2) is 11.2. The quantitative estimate of drug-likeness (QED) is 0.157. The van der Waals surface area contributed by atoms with Gasteiger partial charge in [-0.05, 0) is 83.1 Å². The fraction of sp³-hybridized carbons (Fsp3) is 0.0833. The number of aryl methyl sites for hydroxylation is 1. The van der Waals surface area contributed by atoms with Crippen LogP contribution in [0.4, 0.5) is 0 Å². The Kier molecular flexibility index (Phi) is 8.09. The Hall–Kier alpha value is -3.53. The molecule has 3 aromatic carbocycles. The summed E-state index contributed by atoms with van der Waals surface area (Å²) in [4.78, 5) is 36.3. The molecule has 3 aromatic rings. The lowest BCUT2D eigenvalue weighted by Gasteiger charge is -2.07. The number of nitrogens with one attached hydrogen (secondary N) is 2. The molecule has 0 spiro atoms. The summed E-state index contributed by atoms with van der Waals surface area (Å²) < 4.78 is 6.18. The van der Waals surface area contributed by atoms with Crippen LogP contribution in [-0.2, 0) is 4.79 Å². The fourth-order valence-electron chi connectivity index (χ4n) is 2.71. The van der Waals surface area contributed by atoms with Crippen molar-refractivity contribution in [2.75, 3.05) is 6.54 Å². The average molecular weight is 541 g/mol. The molecule has 8 heteroatoms. The van der Waals surface area contributed by atoms with Gasteiger partial charge in [0.05, 0.1) is 23.9 Å². The number of hydrogen-bond donors (Lipinski definition) is 2. The van der Waals surface area contributed by atoms with Crippen LogP contribution in [0, 0.1) is 10.5 Å². The molecule has 0 saturated heterocycles.